The summed E-state index contributed by atoms with van der Waals surface area (Å²) in [4.78, 5) is 6.43. The number of thiazole rings is 1. The Kier molecular flexibility index (Phi) is 4.46. The van der Waals surface area contributed by atoms with E-state index in [1.807, 2.05) is 11.3 Å². The van der Waals surface area contributed by atoms with Crippen LogP contribution in [0.2, 0.25) is 0 Å². The van der Waals surface area contributed by atoms with Gasteiger partial charge in [0.2, 0.25) is 0 Å². The Labute approximate surface area is 190 Å². The lowest BCUT2D eigenvalue weighted by Crippen LogP contribution is -2.50. The van der Waals surface area contributed by atoms with E-state index in [9.17, 15) is 5.11 Å². The summed E-state index contributed by atoms with van der Waals surface area (Å²) in [7, 11) is 0. The predicted molar refractivity (Wildman–Crippen MR) is 129 cm³/mol. The normalized spacial score (nSPS) is 38.5. The average molecular weight is 435 g/mol. The van der Waals surface area contributed by atoms with Gasteiger partial charge < -0.3 is 10.4 Å². The second-order valence-corrected chi connectivity index (χ2v) is 12.1. The molecule has 0 radical (unpaired) electrons. The van der Waals surface area contributed by atoms with Crippen LogP contribution in [-0.2, 0) is 6.42 Å². The fraction of sp³-hybridized carbons (Fsp3) is 0.593. The van der Waals surface area contributed by atoms with Crippen LogP contribution in [0.15, 0.2) is 30.3 Å². The number of nitrogens with one attached hydrogen (secondary N) is 1. The summed E-state index contributed by atoms with van der Waals surface area (Å²) in [6.07, 6.45) is 10.6. The molecule has 1 aromatic carbocycles. The molecular formula is C27H34N2OS. The van der Waals surface area contributed by atoms with E-state index in [2.05, 4.69) is 56.4 Å². The summed E-state index contributed by atoms with van der Waals surface area (Å²) < 4.78 is 0. The van der Waals surface area contributed by atoms with Crippen molar-refractivity contribution in [2.24, 2.45) is 28.6 Å². The SMILES string of the molecule is Cc1ccc(Nc2nc3c(s2)C2=CC[C@H]4[C@@H]5CC[C@H](O)[C@@]5(C)CC[C@@H]4[C@@]2(C)CC3)cc1. The highest BCUT2D eigenvalue weighted by Gasteiger charge is 2.58. The van der Waals surface area contributed by atoms with Crippen LogP contribution >= 0.6 is 11.3 Å². The molecule has 0 spiro atoms. The van der Waals surface area contributed by atoms with Crippen molar-refractivity contribution < 1.29 is 5.11 Å². The first-order valence-electron chi connectivity index (χ1n) is 12.1. The maximum atomic E-state index is 10.7. The molecule has 2 aromatic rings. The number of hydrogen-bond donors (Lipinski definition) is 2. The highest BCUT2D eigenvalue weighted by Crippen LogP contribution is 2.66. The van der Waals surface area contributed by atoms with Gasteiger partial charge in [-0.1, -0.05) is 49.0 Å². The zero-order valence-corrected chi connectivity index (χ0v) is 19.8. The van der Waals surface area contributed by atoms with E-state index < -0.39 is 0 Å². The fourth-order valence-electron chi connectivity index (χ4n) is 7.66. The highest BCUT2D eigenvalue weighted by molar-refractivity contribution is 7.16. The van der Waals surface area contributed by atoms with Crippen LogP contribution in [0.25, 0.3) is 5.57 Å². The van der Waals surface area contributed by atoms with Gasteiger partial charge >= 0.3 is 0 Å². The van der Waals surface area contributed by atoms with E-state index in [1.54, 1.807) is 5.57 Å². The van der Waals surface area contributed by atoms with Crippen molar-refractivity contribution in [2.75, 3.05) is 5.32 Å². The largest absolute Gasteiger partial charge is 0.393 e. The van der Waals surface area contributed by atoms with Gasteiger partial charge in [-0.25, -0.2) is 4.98 Å². The quantitative estimate of drug-likeness (QED) is 0.550. The van der Waals surface area contributed by atoms with Crippen LogP contribution in [0.4, 0.5) is 10.8 Å². The molecular weight excluding hydrogens is 400 g/mol. The number of fused-ring (bicyclic) bond motifs is 7. The monoisotopic (exact) mass is 434 g/mol. The number of anilines is 2. The van der Waals surface area contributed by atoms with Gasteiger partial charge in [0.25, 0.3) is 0 Å². The number of nitrogens with zero attached hydrogens (tertiary/aromatic N) is 1. The van der Waals surface area contributed by atoms with Crippen LogP contribution in [0.1, 0.15) is 68.5 Å². The zero-order valence-electron chi connectivity index (χ0n) is 18.9. The summed E-state index contributed by atoms with van der Waals surface area (Å²) in [5, 5.41) is 15.3. The Balaban J connectivity index is 1.32. The van der Waals surface area contributed by atoms with E-state index in [-0.39, 0.29) is 16.9 Å². The molecule has 6 rings (SSSR count). The number of aromatic nitrogens is 1. The lowest BCUT2D eigenvalue weighted by atomic mass is 9.48. The first kappa shape index (κ1) is 20.0. The molecule has 0 saturated heterocycles. The second-order valence-electron chi connectivity index (χ2n) is 11.1. The number of aryl methyl sites for hydroxylation is 2. The number of allylic oxidation sites excluding steroid dienone is 2. The number of benzene rings is 1. The molecule has 4 aliphatic rings. The van der Waals surface area contributed by atoms with Gasteiger partial charge in [-0.15, -0.1) is 0 Å². The van der Waals surface area contributed by atoms with Crippen LogP contribution in [0, 0.1) is 35.5 Å². The van der Waals surface area contributed by atoms with Crippen LogP contribution in [0.3, 0.4) is 0 Å². The maximum absolute atomic E-state index is 10.7. The third-order valence-corrected chi connectivity index (χ3v) is 10.6. The van der Waals surface area contributed by atoms with Gasteiger partial charge in [0.1, 0.15) is 0 Å². The molecule has 2 N–H and O–H groups in total. The van der Waals surface area contributed by atoms with Crippen molar-refractivity contribution in [1.82, 2.24) is 4.98 Å². The standard InChI is InChI=1S/C27H34N2OS/c1-16-4-6-17(7-5-16)28-25-29-22-13-15-26(2)20-12-14-27(3)19(10-11-23(27)30)18(20)8-9-21(26)24(22)31-25/h4-7,9,18-20,23,30H,8,10-15H2,1-3H3,(H,28,29)/t18-,19-,20-,23-,26+,27-/m0/s1. The maximum Gasteiger partial charge on any atom is 0.187 e. The molecule has 0 aliphatic heterocycles. The first-order chi connectivity index (χ1) is 14.9. The van der Waals surface area contributed by atoms with Crippen molar-refractivity contribution in [3.05, 3.63) is 46.5 Å². The second kappa shape index (κ2) is 6.92. The molecule has 0 amide bonds. The molecule has 31 heavy (non-hydrogen) atoms. The third-order valence-electron chi connectivity index (χ3n) is 9.54. The van der Waals surface area contributed by atoms with E-state index in [0.29, 0.717) is 5.92 Å². The van der Waals surface area contributed by atoms with Crippen molar-refractivity contribution in [1.29, 1.82) is 0 Å². The smallest absolute Gasteiger partial charge is 0.187 e. The van der Waals surface area contributed by atoms with E-state index in [4.69, 9.17) is 4.98 Å². The molecule has 4 aliphatic carbocycles. The Morgan fingerprint density at radius 2 is 1.87 bits per heavy atom. The molecule has 4 heteroatoms. The molecule has 164 valence electrons. The molecule has 0 bridgehead atoms. The van der Waals surface area contributed by atoms with Crippen LogP contribution < -0.4 is 5.32 Å². The molecule has 1 aromatic heterocycles. The van der Waals surface area contributed by atoms with Gasteiger partial charge in [0.15, 0.2) is 5.13 Å². The van der Waals surface area contributed by atoms with Crippen molar-refractivity contribution in [2.45, 2.75) is 71.8 Å². The summed E-state index contributed by atoms with van der Waals surface area (Å²) in [5.74, 6) is 2.18. The van der Waals surface area contributed by atoms with Crippen molar-refractivity contribution in [3.8, 4) is 0 Å². The summed E-state index contributed by atoms with van der Waals surface area (Å²) in [6.45, 7) is 7.04. The van der Waals surface area contributed by atoms with Gasteiger partial charge in [0, 0.05) is 5.69 Å². The summed E-state index contributed by atoms with van der Waals surface area (Å²) in [6, 6.07) is 8.57. The Hall–Kier alpha value is -1.65. The van der Waals surface area contributed by atoms with Gasteiger partial charge in [0.05, 0.1) is 16.7 Å². The average Bonchev–Trinajstić information content (AvgIpc) is 3.29. The van der Waals surface area contributed by atoms with E-state index >= 15 is 0 Å². The zero-order chi connectivity index (χ0) is 21.4. The molecule has 6 atom stereocenters. The Morgan fingerprint density at radius 3 is 2.68 bits per heavy atom. The third kappa shape index (κ3) is 2.90. The molecule has 2 fully saturated rings. The van der Waals surface area contributed by atoms with Crippen molar-refractivity contribution >= 4 is 27.7 Å². The predicted octanol–water partition coefficient (Wildman–Crippen LogP) is 6.74. The van der Waals surface area contributed by atoms with Crippen LogP contribution in [0.5, 0.6) is 0 Å². The summed E-state index contributed by atoms with van der Waals surface area (Å²) >= 11 is 1.85. The molecule has 0 unspecified atom stereocenters. The fourth-order valence-corrected chi connectivity index (χ4v) is 8.87. The van der Waals surface area contributed by atoms with Crippen LogP contribution in [-0.4, -0.2) is 16.2 Å². The minimum atomic E-state index is -0.0912. The van der Waals surface area contributed by atoms with Crippen molar-refractivity contribution in [3.63, 3.8) is 0 Å². The molecule has 1 heterocycles. The van der Waals surface area contributed by atoms with E-state index in [0.717, 1.165) is 35.5 Å². The first-order valence-corrected chi connectivity index (χ1v) is 12.9. The van der Waals surface area contributed by atoms with Gasteiger partial charge in [-0.05, 0) is 98.2 Å². The molecule has 3 nitrogen and oxygen atoms in total. The van der Waals surface area contributed by atoms with Gasteiger partial charge in [-0.3, -0.25) is 0 Å². The van der Waals surface area contributed by atoms with Gasteiger partial charge in [-0.2, -0.15) is 0 Å². The number of aliphatic hydroxyl groups is 1. The number of hydrogen-bond acceptors (Lipinski definition) is 4. The Morgan fingerprint density at radius 1 is 1.06 bits per heavy atom. The minimum absolute atomic E-state index is 0.0912. The lowest BCUT2D eigenvalue weighted by Gasteiger charge is -2.56. The summed E-state index contributed by atoms with van der Waals surface area (Å²) in [5.41, 5.74) is 5.67. The highest BCUT2D eigenvalue weighted by atomic mass is 32.1. The lowest BCUT2D eigenvalue weighted by molar-refractivity contribution is -0.0579. The van der Waals surface area contributed by atoms with E-state index in [1.165, 1.54) is 48.2 Å². The Bertz CT molecular complexity index is 1040. The number of rotatable bonds is 2. The topological polar surface area (TPSA) is 45.2 Å². The molecule has 2 saturated carbocycles. The minimum Gasteiger partial charge on any atom is -0.393 e. The number of aliphatic hydroxyl groups excluding tert-OH is 1.